The van der Waals surface area contributed by atoms with Gasteiger partial charge in [-0.1, -0.05) is 6.07 Å². The van der Waals surface area contributed by atoms with Gasteiger partial charge in [0.2, 0.25) is 0 Å². The zero-order valence-electron chi connectivity index (χ0n) is 10.2. The number of aromatic nitrogens is 2. The van der Waals surface area contributed by atoms with Gasteiger partial charge in [-0.2, -0.15) is 5.10 Å². The van der Waals surface area contributed by atoms with Crippen LogP contribution in [0.25, 0.3) is 0 Å². The first-order valence-electron chi connectivity index (χ1n) is 5.66. The summed E-state index contributed by atoms with van der Waals surface area (Å²) in [6.07, 6.45) is 3.59. The van der Waals surface area contributed by atoms with Crippen LogP contribution < -0.4 is 4.74 Å². The first kappa shape index (κ1) is 13.4. The van der Waals surface area contributed by atoms with E-state index in [4.69, 9.17) is 16.3 Å². The molecule has 0 radical (unpaired) electrons. The number of alkyl halides is 1. The van der Waals surface area contributed by atoms with Gasteiger partial charge in [-0.05, 0) is 47.5 Å². The van der Waals surface area contributed by atoms with Gasteiger partial charge in [0.1, 0.15) is 5.75 Å². The lowest BCUT2D eigenvalue weighted by molar-refractivity contribution is 0.474. The van der Waals surface area contributed by atoms with Crippen LogP contribution in [0.3, 0.4) is 0 Å². The van der Waals surface area contributed by atoms with Crippen LogP contribution in [0.15, 0.2) is 35.1 Å². The lowest BCUT2D eigenvalue weighted by Gasteiger charge is -2.07. The quantitative estimate of drug-likeness (QED) is 0.756. The normalized spacial score (nSPS) is 10.9. The molecule has 2 rings (SSSR count). The van der Waals surface area contributed by atoms with Crippen LogP contribution in [0.4, 0.5) is 0 Å². The highest BCUT2D eigenvalue weighted by atomic mass is 79.9. The lowest BCUT2D eigenvalue weighted by atomic mass is 10.2. The van der Waals surface area contributed by atoms with Crippen molar-refractivity contribution < 1.29 is 4.74 Å². The average Bonchev–Trinajstić information content (AvgIpc) is 2.80. The molecule has 3 nitrogen and oxygen atoms in total. The highest BCUT2D eigenvalue weighted by Gasteiger charge is 2.07. The maximum atomic E-state index is 5.77. The predicted octanol–water partition coefficient (Wildman–Crippen LogP) is 4.76. The van der Waals surface area contributed by atoms with E-state index in [0.29, 0.717) is 11.9 Å². The second-order valence-electron chi connectivity index (χ2n) is 4.25. The summed E-state index contributed by atoms with van der Waals surface area (Å²) in [4.78, 5) is 0. The number of halogens is 2. The number of rotatable bonds is 4. The summed E-state index contributed by atoms with van der Waals surface area (Å²) in [5.74, 6) is 1.97. The number of benzene rings is 1. The van der Waals surface area contributed by atoms with Gasteiger partial charge in [0.25, 0.3) is 0 Å². The molecule has 0 N–H and O–H groups in total. The van der Waals surface area contributed by atoms with Crippen LogP contribution in [-0.4, -0.2) is 9.78 Å². The van der Waals surface area contributed by atoms with Gasteiger partial charge in [-0.25, -0.2) is 0 Å². The largest absolute Gasteiger partial charge is 0.453 e. The van der Waals surface area contributed by atoms with Crippen LogP contribution in [-0.2, 0) is 5.88 Å². The zero-order valence-corrected chi connectivity index (χ0v) is 12.6. The van der Waals surface area contributed by atoms with Crippen molar-refractivity contribution in [2.45, 2.75) is 25.8 Å². The van der Waals surface area contributed by atoms with Crippen molar-refractivity contribution in [3.05, 3.63) is 40.6 Å². The lowest BCUT2D eigenvalue weighted by Crippen LogP contribution is -1.99. The van der Waals surface area contributed by atoms with Crippen LogP contribution in [0.5, 0.6) is 11.5 Å². The minimum Gasteiger partial charge on any atom is -0.453 e. The molecular weight excluding hydrogens is 316 g/mol. The molecule has 0 aliphatic carbocycles. The molecule has 1 aromatic carbocycles. The van der Waals surface area contributed by atoms with Gasteiger partial charge in [0.05, 0.1) is 16.9 Å². The minimum atomic E-state index is 0.324. The van der Waals surface area contributed by atoms with E-state index in [9.17, 15) is 0 Å². The third kappa shape index (κ3) is 3.06. The summed E-state index contributed by atoms with van der Waals surface area (Å²) >= 11 is 9.24. The second-order valence-corrected chi connectivity index (χ2v) is 5.37. The molecule has 18 heavy (non-hydrogen) atoms. The zero-order chi connectivity index (χ0) is 13.1. The van der Waals surface area contributed by atoms with E-state index >= 15 is 0 Å². The Morgan fingerprint density at radius 1 is 1.44 bits per heavy atom. The number of hydrogen-bond donors (Lipinski definition) is 0. The highest BCUT2D eigenvalue weighted by Crippen LogP contribution is 2.30. The molecule has 0 aliphatic rings. The molecule has 5 heteroatoms. The molecule has 0 saturated carbocycles. The Labute approximate surface area is 120 Å². The second kappa shape index (κ2) is 5.76. The Hall–Kier alpha value is -1.00. The summed E-state index contributed by atoms with van der Waals surface area (Å²) in [7, 11) is 0. The first-order chi connectivity index (χ1) is 8.60. The van der Waals surface area contributed by atoms with Gasteiger partial charge < -0.3 is 4.74 Å². The van der Waals surface area contributed by atoms with E-state index in [1.54, 1.807) is 6.20 Å². The Balaban J connectivity index is 2.17. The third-order valence-corrected chi connectivity index (χ3v) is 3.41. The van der Waals surface area contributed by atoms with Crippen molar-refractivity contribution in [2.75, 3.05) is 0 Å². The molecule has 0 amide bonds. The van der Waals surface area contributed by atoms with E-state index in [1.165, 1.54) is 0 Å². The maximum absolute atomic E-state index is 5.77. The predicted molar refractivity (Wildman–Crippen MR) is 76.4 cm³/mol. The SMILES string of the molecule is CC(C)n1cc(Oc2ccc(CCl)cc2Br)cn1. The van der Waals surface area contributed by atoms with Crippen LogP contribution in [0.1, 0.15) is 25.5 Å². The molecule has 2 aromatic rings. The molecule has 0 atom stereocenters. The molecule has 0 bridgehead atoms. The highest BCUT2D eigenvalue weighted by molar-refractivity contribution is 9.10. The van der Waals surface area contributed by atoms with E-state index in [0.717, 1.165) is 21.5 Å². The summed E-state index contributed by atoms with van der Waals surface area (Å²) in [6, 6.07) is 6.12. The van der Waals surface area contributed by atoms with Crippen LogP contribution >= 0.6 is 27.5 Å². The molecule has 0 fully saturated rings. The average molecular weight is 330 g/mol. The summed E-state index contributed by atoms with van der Waals surface area (Å²) in [6.45, 7) is 4.14. The monoisotopic (exact) mass is 328 g/mol. The molecule has 1 aromatic heterocycles. The molecule has 0 aliphatic heterocycles. The van der Waals surface area contributed by atoms with Gasteiger partial charge in [0, 0.05) is 11.9 Å². The number of nitrogens with zero attached hydrogens (tertiary/aromatic N) is 2. The molecule has 0 saturated heterocycles. The van der Waals surface area contributed by atoms with Gasteiger partial charge in [-0.3, -0.25) is 4.68 Å². The Kier molecular flexibility index (Phi) is 4.30. The summed E-state index contributed by atoms with van der Waals surface area (Å²) in [5.41, 5.74) is 1.05. The third-order valence-electron chi connectivity index (χ3n) is 2.49. The van der Waals surface area contributed by atoms with Gasteiger partial charge in [0.15, 0.2) is 5.75 Å². The first-order valence-corrected chi connectivity index (χ1v) is 6.99. The van der Waals surface area contributed by atoms with Crippen molar-refractivity contribution >= 4 is 27.5 Å². The van der Waals surface area contributed by atoms with Crippen molar-refractivity contribution in [1.29, 1.82) is 0 Å². The van der Waals surface area contributed by atoms with Crippen molar-refractivity contribution in [3.8, 4) is 11.5 Å². The maximum Gasteiger partial charge on any atom is 0.165 e. The Bertz CT molecular complexity index is 540. The van der Waals surface area contributed by atoms with Crippen molar-refractivity contribution in [1.82, 2.24) is 9.78 Å². The molecule has 1 heterocycles. The molecule has 0 unspecified atom stereocenters. The number of hydrogen-bond acceptors (Lipinski definition) is 2. The fraction of sp³-hybridized carbons (Fsp3) is 0.308. The minimum absolute atomic E-state index is 0.324. The van der Waals surface area contributed by atoms with Gasteiger partial charge >= 0.3 is 0 Å². The van der Waals surface area contributed by atoms with Gasteiger partial charge in [-0.15, -0.1) is 11.6 Å². The molecule has 0 spiro atoms. The van der Waals surface area contributed by atoms with Crippen molar-refractivity contribution in [2.24, 2.45) is 0 Å². The fourth-order valence-corrected chi connectivity index (χ4v) is 2.17. The van der Waals surface area contributed by atoms with E-state index in [2.05, 4.69) is 34.9 Å². The fourth-order valence-electron chi connectivity index (χ4n) is 1.49. The van der Waals surface area contributed by atoms with Crippen LogP contribution in [0.2, 0.25) is 0 Å². The topological polar surface area (TPSA) is 27.1 Å². The molecule has 96 valence electrons. The van der Waals surface area contributed by atoms with E-state index in [1.807, 2.05) is 29.1 Å². The Morgan fingerprint density at radius 3 is 2.78 bits per heavy atom. The number of ether oxygens (including phenoxy) is 1. The van der Waals surface area contributed by atoms with Crippen molar-refractivity contribution in [3.63, 3.8) is 0 Å². The van der Waals surface area contributed by atoms with E-state index < -0.39 is 0 Å². The molecular formula is C13H14BrClN2O. The Morgan fingerprint density at radius 2 is 2.22 bits per heavy atom. The summed E-state index contributed by atoms with van der Waals surface area (Å²) in [5, 5.41) is 4.23. The smallest absolute Gasteiger partial charge is 0.165 e. The summed E-state index contributed by atoms with van der Waals surface area (Å²) < 4.78 is 8.51. The standard InChI is InChI=1S/C13H14BrClN2O/c1-9(2)17-8-11(7-16-17)18-13-4-3-10(6-15)5-12(13)14/h3-5,7-9H,6H2,1-2H3. The van der Waals surface area contributed by atoms with Crippen LogP contribution in [0, 0.1) is 0 Å². The van der Waals surface area contributed by atoms with E-state index in [-0.39, 0.29) is 0 Å².